The molecule has 0 aliphatic carbocycles. The quantitative estimate of drug-likeness (QED) is 0.312. The molecule has 0 amide bonds. The maximum Gasteiger partial charge on any atom is 0.193 e. The Bertz CT molecular complexity index is 514. The number of piperidine rings is 1. The number of halogens is 1. The third kappa shape index (κ3) is 7.38. The second-order valence-corrected chi connectivity index (χ2v) is 7.33. The predicted molar refractivity (Wildman–Crippen MR) is 115 cm³/mol. The molecule has 1 aromatic rings. The van der Waals surface area contributed by atoms with Gasteiger partial charge in [0.2, 0.25) is 0 Å². The fraction of sp³-hybridized carbons (Fsp3) is 0.632. The molecule has 24 heavy (non-hydrogen) atoms. The Hall–Kier alpha value is -0.820. The monoisotopic (exact) mass is 444 g/mol. The zero-order chi connectivity index (χ0) is 16.8. The SMILES string of the molecule is Cc1cc(C)cc(NC(N)=NCCCN2CC(C)CC(C)C2)c1.I. The van der Waals surface area contributed by atoms with Gasteiger partial charge < -0.3 is 16.0 Å². The molecule has 1 fully saturated rings. The number of nitrogens with two attached hydrogens (primary N) is 1. The lowest BCUT2D eigenvalue weighted by Gasteiger charge is -2.34. The lowest BCUT2D eigenvalue weighted by molar-refractivity contribution is 0.140. The standard InChI is InChI=1S/C19H32N4.HI/c1-14-8-15(2)11-18(10-14)22-19(20)21-6-5-7-23-12-16(3)9-17(4)13-23;/h8,10-11,16-17H,5-7,9,12-13H2,1-4H3,(H3,20,21,22);1H. The van der Waals surface area contributed by atoms with Crippen molar-refractivity contribution in [2.45, 2.75) is 40.5 Å². The highest BCUT2D eigenvalue weighted by Gasteiger charge is 2.20. The Morgan fingerprint density at radius 2 is 1.75 bits per heavy atom. The molecule has 0 bridgehead atoms. The van der Waals surface area contributed by atoms with E-state index in [0.717, 1.165) is 37.0 Å². The number of nitrogens with zero attached hydrogens (tertiary/aromatic N) is 2. The maximum absolute atomic E-state index is 5.99. The van der Waals surface area contributed by atoms with Crippen LogP contribution in [-0.4, -0.2) is 37.0 Å². The summed E-state index contributed by atoms with van der Waals surface area (Å²) in [4.78, 5) is 7.03. The first-order chi connectivity index (χ1) is 10.9. The van der Waals surface area contributed by atoms with Gasteiger partial charge in [0.05, 0.1) is 0 Å². The predicted octanol–water partition coefficient (Wildman–Crippen LogP) is 4.02. The van der Waals surface area contributed by atoms with Gasteiger partial charge in [-0.05, 0) is 68.3 Å². The van der Waals surface area contributed by atoms with E-state index in [4.69, 9.17) is 5.73 Å². The van der Waals surface area contributed by atoms with E-state index in [0.29, 0.717) is 5.96 Å². The number of likely N-dealkylation sites (tertiary alicyclic amines) is 1. The van der Waals surface area contributed by atoms with Crippen LogP contribution in [-0.2, 0) is 0 Å². The van der Waals surface area contributed by atoms with Crippen molar-refractivity contribution in [1.82, 2.24) is 4.90 Å². The number of rotatable bonds is 5. The molecule has 136 valence electrons. The molecular formula is C19H33IN4. The molecule has 0 saturated carbocycles. The third-order valence-electron chi connectivity index (χ3n) is 4.35. The molecule has 1 heterocycles. The van der Waals surface area contributed by atoms with Crippen LogP contribution in [0.3, 0.4) is 0 Å². The molecule has 2 unspecified atom stereocenters. The molecule has 2 rings (SSSR count). The molecular weight excluding hydrogens is 411 g/mol. The Labute approximate surface area is 164 Å². The minimum Gasteiger partial charge on any atom is -0.370 e. The summed E-state index contributed by atoms with van der Waals surface area (Å²) in [5.74, 6) is 2.15. The molecule has 1 aliphatic heterocycles. The molecule has 4 nitrogen and oxygen atoms in total. The summed E-state index contributed by atoms with van der Waals surface area (Å²) in [6, 6.07) is 6.33. The Kier molecular flexibility index (Phi) is 9.05. The first-order valence-corrected chi connectivity index (χ1v) is 8.80. The van der Waals surface area contributed by atoms with Gasteiger partial charge in [-0.3, -0.25) is 4.99 Å². The van der Waals surface area contributed by atoms with E-state index < -0.39 is 0 Å². The van der Waals surface area contributed by atoms with E-state index in [9.17, 15) is 0 Å². The van der Waals surface area contributed by atoms with Crippen molar-refractivity contribution in [3.05, 3.63) is 29.3 Å². The van der Waals surface area contributed by atoms with Gasteiger partial charge in [0.25, 0.3) is 0 Å². The van der Waals surface area contributed by atoms with Crippen molar-refractivity contribution in [2.24, 2.45) is 22.6 Å². The van der Waals surface area contributed by atoms with Crippen LogP contribution in [0.1, 0.15) is 37.8 Å². The van der Waals surface area contributed by atoms with Crippen molar-refractivity contribution < 1.29 is 0 Å². The van der Waals surface area contributed by atoms with Gasteiger partial charge in [-0.15, -0.1) is 24.0 Å². The van der Waals surface area contributed by atoms with E-state index in [2.05, 4.69) is 61.1 Å². The molecule has 1 aromatic carbocycles. The number of hydrogen-bond donors (Lipinski definition) is 2. The van der Waals surface area contributed by atoms with Crippen LogP contribution in [0.15, 0.2) is 23.2 Å². The number of aliphatic imine (C=N–C) groups is 1. The van der Waals surface area contributed by atoms with Crippen molar-refractivity contribution in [3.63, 3.8) is 0 Å². The summed E-state index contributed by atoms with van der Waals surface area (Å²) in [5, 5.41) is 3.19. The lowest BCUT2D eigenvalue weighted by Crippen LogP contribution is -2.39. The van der Waals surface area contributed by atoms with Crippen LogP contribution < -0.4 is 11.1 Å². The first kappa shape index (κ1) is 21.2. The van der Waals surface area contributed by atoms with Gasteiger partial charge in [-0.2, -0.15) is 0 Å². The Morgan fingerprint density at radius 1 is 1.17 bits per heavy atom. The number of guanidine groups is 1. The number of aryl methyl sites for hydroxylation is 2. The number of hydrogen-bond acceptors (Lipinski definition) is 2. The Morgan fingerprint density at radius 3 is 2.33 bits per heavy atom. The highest BCUT2D eigenvalue weighted by atomic mass is 127. The van der Waals surface area contributed by atoms with Gasteiger partial charge >= 0.3 is 0 Å². The molecule has 1 saturated heterocycles. The summed E-state index contributed by atoms with van der Waals surface area (Å²) in [6.45, 7) is 13.2. The van der Waals surface area contributed by atoms with Gasteiger partial charge in [-0.1, -0.05) is 19.9 Å². The fourth-order valence-corrected chi connectivity index (χ4v) is 3.70. The van der Waals surface area contributed by atoms with E-state index in [-0.39, 0.29) is 24.0 Å². The van der Waals surface area contributed by atoms with Crippen molar-refractivity contribution in [2.75, 3.05) is 31.5 Å². The Balaban J connectivity index is 0.00000288. The normalized spacial score (nSPS) is 22.1. The number of nitrogens with one attached hydrogen (secondary N) is 1. The summed E-state index contributed by atoms with van der Waals surface area (Å²) in [5.41, 5.74) is 9.47. The molecule has 1 aliphatic rings. The van der Waals surface area contributed by atoms with Crippen molar-refractivity contribution in [3.8, 4) is 0 Å². The van der Waals surface area contributed by atoms with Crippen molar-refractivity contribution >= 4 is 35.6 Å². The summed E-state index contributed by atoms with van der Waals surface area (Å²) in [6.07, 6.45) is 2.43. The van der Waals surface area contributed by atoms with Crippen LogP contribution in [0.25, 0.3) is 0 Å². The zero-order valence-corrected chi connectivity index (χ0v) is 17.8. The summed E-state index contributed by atoms with van der Waals surface area (Å²) < 4.78 is 0. The van der Waals surface area contributed by atoms with Crippen molar-refractivity contribution in [1.29, 1.82) is 0 Å². The number of anilines is 1. The molecule has 0 radical (unpaired) electrons. The van der Waals surface area contributed by atoms with E-state index in [1.54, 1.807) is 0 Å². The van der Waals surface area contributed by atoms with Crippen LogP contribution in [0, 0.1) is 25.7 Å². The molecule has 0 aromatic heterocycles. The number of benzene rings is 1. The topological polar surface area (TPSA) is 53.6 Å². The molecule has 5 heteroatoms. The molecule has 0 spiro atoms. The fourth-order valence-electron chi connectivity index (χ4n) is 3.70. The van der Waals surface area contributed by atoms with Gasteiger partial charge in [0.1, 0.15) is 0 Å². The van der Waals surface area contributed by atoms with E-state index in [1.807, 2.05) is 0 Å². The zero-order valence-electron chi connectivity index (χ0n) is 15.5. The summed E-state index contributed by atoms with van der Waals surface area (Å²) >= 11 is 0. The van der Waals surface area contributed by atoms with Crippen LogP contribution in [0.2, 0.25) is 0 Å². The minimum atomic E-state index is 0. The van der Waals surface area contributed by atoms with Gasteiger partial charge in [0, 0.05) is 25.3 Å². The highest BCUT2D eigenvalue weighted by molar-refractivity contribution is 14.0. The summed E-state index contributed by atoms with van der Waals surface area (Å²) in [7, 11) is 0. The minimum absolute atomic E-state index is 0. The van der Waals surface area contributed by atoms with Gasteiger partial charge in [-0.25, -0.2) is 0 Å². The highest BCUT2D eigenvalue weighted by Crippen LogP contribution is 2.20. The molecule has 3 N–H and O–H groups in total. The van der Waals surface area contributed by atoms with E-state index in [1.165, 1.54) is 30.6 Å². The first-order valence-electron chi connectivity index (χ1n) is 8.80. The van der Waals surface area contributed by atoms with Crippen LogP contribution in [0.4, 0.5) is 5.69 Å². The second-order valence-electron chi connectivity index (χ2n) is 7.33. The third-order valence-corrected chi connectivity index (χ3v) is 4.35. The van der Waals surface area contributed by atoms with Crippen LogP contribution in [0.5, 0.6) is 0 Å². The average Bonchev–Trinajstić information content (AvgIpc) is 2.41. The molecule has 2 atom stereocenters. The van der Waals surface area contributed by atoms with E-state index >= 15 is 0 Å². The van der Waals surface area contributed by atoms with Gasteiger partial charge in [0.15, 0.2) is 5.96 Å². The average molecular weight is 444 g/mol. The lowest BCUT2D eigenvalue weighted by atomic mass is 9.92. The second kappa shape index (κ2) is 10.2. The largest absolute Gasteiger partial charge is 0.370 e. The smallest absolute Gasteiger partial charge is 0.193 e. The van der Waals surface area contributed by atoms with Crippen LogP contribution >= 0.6 is 24.0 Å². The maximum atomic E-state index is 5.99.